The van der Waals surface area contributed by atoms with Gasteiger partial charge in [-0.05, 0) is 53.9 Å². The zero-order valence-corrected chi connectivity index (χ0v) is 22.6. The minimum atomic E-state index is -4.40. The standard InChI is InChI=1S/C31H37F4NO4/c32-29-8-4-7-23(16-26(37)17-24(15-21-9-10-21)22-5-2-1-3-6-22)28(29)12-11-27-18-36-25(19-39-27)20-40-30(38)13-14-31(33,34)35/h1-8,21,24-25,27,36H,9-20H2/t24-,25-,27+/m0/s1. The Bertz CT molecular complexity index is 1110. The van der Waals surface area contributed by atoms with Crippen molar-refractivity contribution in [3.05, 3.63) is 71.0 Å². The average molecular weight is 564 g/mol. The number of hydrogen-bond acceptors (Lipinski definition) is 5. The molecule has 218 valence electrons. The van der Waals surface area contributed by atoms with E-state index in [4.69, 9.17) is 9.47 Å². The molecule has 1 aliphatic carbocycles. The van der Waals surface area contributed by atoms with Gasteiger partial charge in [0, 0.05) is 19.4 Å². The molecule has 0 amide bonds. The molecule has 4 rings (SSSR count). The molecule has 1 saturated carbocycles. The van der Waals surface area contributed by atoms with Crippen LogP contribution < -0.4 is 5.32 Å². The molecule has 0 bridgehead atoms. The summed E-state index contributed by atoms with van der Waals surface area (Å²) in [5.74, 6) is -0.268. The van der Waals surface area contributed by atoms with Crippen molar-refractivity contribution in [3.63, 3.8) is 0 Å². The molecule has 1 aliphatic heterocycles. The third-order valence-electron chi connectivity index (χ3n) is 7.61. The van der Waals surface area contributed by atoms with E-state index in [1.807, 2.05) is 24.3 Å². The van der Waals surface area contributed by atoms with Gasteiger partial charge in [-0.25, -0.2) is 4.39 Å². The van der Waals surface area contributed by atoms with Gasteiger partial charge >= 0.3 is 12.1 Å². The minimum absolute atomic E-state index is 0.0757. The number of hydrogen-bond donors (Lipinski definition) is 1. The normalized spacial score (nSPS) is 20.2. The Kier molecular flexibility index (Phi) is 10.7. The predicted molar refractivity (Wildman–Crippen MR) is 142 cm³/mol. The minimum Gasteiger partial charge on any atom is -0.464 e. The number of benzene rings is 2. The van der Waals surface area contributed by atoms with Gasteiger partial charge in [0.05, 0.1) is 31.6 Å². The van der Waals surface area contributed by atoms with E-state index in [9.17, 15) is 27.2 Å². The highest BCUT2D eigenvalue weighted by Gasteiger charge is 2.30. The molecule has 9 heteroatoms. The summed E-state index contributed by atoms with van der Waals surface area (Å²) in [7, 11) is 0. The lowest BCUT2D eigenvalue weighted by atomic mass is 9.87. The van der Waals surface area contributed by atoms with Crippen molar-refractivity contribution < 1.29 is 36.6 Å². The van der Waals surface area contributed by atoms with Crippen LogP contribution in [-0.2, 0) is 31.9 Å². The summed E-state index contributed by atoms with van der Waals surface area (Å²) in [4.78, 5) is 24.7. The number of alkyl halides is 3. The molecule has 0 radical (unpaired) electrons. The third kappa shape index (κ3) is 10.0. The number of ketones is 1. The molecular weight excluding hydrogens is 526 g/mol. The van der Waals surface area contributed by atoms with Gasteiger partial charge in [0.15, 0.2) is 0 Å². The summed E-state index contributed by atoms with van der Waals surface area (Å²) in [6.07, 6.45) is -1.52. The lowest BCUT2D eigenvalue weighted by molar-refractivity contribution is -0.158. The number of nitrogens with one attached hydrogen (secondary N) is 1. The van der Waals surface area contributed by atoms with Crippen LogP contribution in [0.15, 0.2) is 48.5 Å². The van der Waals surface area contributed by atoms with Crippen LogP contribution >= 0.6 is 0 Å². The van der Waals surface area contributed by atoms with E-state index >= 15 is 0 Å². The van der Waals surface area contributed by atoms with Crippen LogP contribution in [0.5, 0.6) is 0 Å². The van der Waals surface area contributed by atoms with Crippen molar-refractivity contribution in [2.75, 3.05) is 19.8 Å². The van der Waals surface area contributed by atoms with Gasteiger partial charge in [-0.3, -0.25) is 9.59 Å². The summed E-state index contributed by atoms with van der Waals surface area (Å²) >= 11 is 0. The zero-order valence-electron chi connectivity index (χ0n) is 22.6. The van der Waals surface area contributed by atoms with E-state index in [0.717, 1.165) is 6.42 Å². The Morgan fingerprint density at radius 3 is 2.52 bits per heavy atom. The van der Waals surface area contributed by atoms with Gasteiger partial charge in [-0.1, -0.05) is 55.3 Å². The maximum Gasteiger partial charge on any atom is 0.389 e. The first-order chi connectivity index (χ1) is 19.2. The lowest BCUT2D eigenvalue weighted by Crippen LogP contribution is -2.49. The van der Waals surface area contributed by atoms with E-state index in [2.05, 4.69) is 17.4 Å². The average Bonchev–Trinajstić information content (AvgIpc) is 3.75. The van der Waals surface area contributed by atoms with Crippen LogP contribution in [0.3, 0.4) is 0 Å². The number of Topliss-reactive ketones (excluding diaryl/α,β-unsaturated/α-hetero) is 1. The molecule has 0 aromatic heterocycles. The number of carbonyl (C=O) groups excluding carboxylic acids is 2. The summed E-state index contributed by atoms with van der Waals surface area (Å²) in [6.45, 7) is 0.586. The highest BCUT2D eigenvalue weighted by atomic mass is 19.4. The molecule has 5 nitrogen and oxygen atoms in total. The predicted octanol–water partition coefficient (Wildman–Crippen LogP) is 6.09. The van der Waals surface area contributed by atoms with E-state index in [0.29, 0.717) is 42.9 Å². The second kappa shape index (κ2) is 14.2. The molecular formula is C31H37F4NO4. The Hall–Kier alpha value is -2.78. The van der Waals surface area contributed by atoms with Gasteiger partial charge in [-0.2, -0.15) is 13.2 Å². The monoisotopic (exact) mass is 563 g/mol. The molecule has 0 unspecified atom stereocenters. The first kappa shape index (κ1) is 30.2. The Labute approximate surface area is 232 Å². The lowest BCUT2D eigenvalue weighted by Gasteiger charge is -2.30. The van der Waals surface area contributed by atoms with Gasteiger partial charge < -0.3 is 14.8 Å². The Balaban J connectivity index is 1.24. The van der Waals surface area contributed by atoms with Crippen LogP contribution in [0.4, 0.5) is 17.6 Å². The van der Waals surface area contributed by atoms with Crippen molar-refractivity contribution in [3.8, 4) is 0 Å². The number of esters is 1. The van der Waals surface area contributed by atoms with E-state index in [-0.39, 0.29) is 49.3 Å². The highest BCUT2D eigenvalue weighted by molar-refractivity contribution is 5.82. The van der Waals surface area contributed by atoms with Crippen molar-refractivity contribution in [2.24, 2.45) is 5.92 Å². The number of ether oxygens (including phenoxy) is 2. The Morgan fingerprint density at radius 1 is 1.07 bits per heavy atom. The van der Waals surface area contributed by atoms with Crippen molar-refractivity contribution >= 4 is 11.8 Å². The molecule has 2 fully saturated rings. The fraction of sp³-hybridized carbons (Fsp3) is 0.548. The topological polar surface area (TPSA) is 64.6 Å². The molecule has 1 N–H and O–H groups in total. The SMILES string of the molecule is O=C(Cc1cccc(F)c1CC[C@@H]1CN[C@H](COC(=O)CCC(F)(F)F)CO1)C[C@H](CC1CC1)c1ccccc1. The molecule has 1 heterocycles. The van der Waals surface area contributed by atoms with Gasteiger partial charge in [0.2, 0.25) is 0 Å². The maximum atomic E-state index is 14.9. The first-order valence-corrected chi connectivity index (χ1v) is 14.1. The zero-order chi connectivity index (χ0) is 28.5. The summed E-state index contributed by atoms with van der Waals surface area (Å²) in [5, 5.41) is 3.18. The smallest absolute Gasteiger partial charge is 0.389 e. The maximum absolute atomic E-state index is 14.9. The number of morpholine rings is 1. The molecule has 2 aromatic rings. The van der Waals surface area contributed by atoms with Gasteiger partial charge in [0.25, 0.3) is 0 Å². The molecule has 1 saturated heterocycles. The number of rotatable bonds is 14. The molecule has 0 spiro atoms. The van der Waals surface area contributed by atoms with Crippen molar-refractivity contribution in [1.29, 1.82) is 0 Å². The highest BCUT2D eigenvalue weighted by Crippen LogP contribution is 2.40. The van der Waals surface area contributed by atoms with Crippen molar-refractivity contribution in [1.82, 2.24) is 5.32 Å². The first-order valence-electron chi connectivity index (χ1n) is 14.1. The summed E-state index contributed by atoms with van der Waals surface area (Å²) in [6, 6.07) is 14.7. The van der Waals surface area contributed by atoms with Gasteiger partial charge in [-0.15, -0.1) is 0 Å². The van der Waals surface area contributed by atoms with E-state index in [1.54, 1.807) is 6.07 Å². The fourth-order valence-electron chi connectivity index (χ4n) is 5.20. The summed E-state index contributed by atoms with van der Waals surface area (Å²) < 4.78 is 62.3. The van der Waals surface area contributed by atoms with Crippen LogP contribution in [0, 0.1) is 11.7 Å². The van der Waals surface area contributed by atoms with Crippen LogP contribution in [0.1, 0.15) is 67.6 Å². The van der Waals surface area contributed by atoms with Crippen molar-refractivity contribution in [2.45, 2.75) is 82.0 Å². The second-order valence-electron chi connectivity index (χ2n) is 11.0. The summed E-state index contributed by atoms with van der Waals surface area (Å²) in [5.41, 5.74) is 2.41. The molecule has 40 heavy (non-hydrogen) atoms. The van der Waals surface area contributed by atoms with Crippen LogP contribution in [0.2, 0.25) is 0 Å². The second-order valence-corrected chi connectivity index (χ2v) is 11.0. The number of halogens is 4. The quantitative estimate of drug-likeness (QED) is 0.223. The number of carbonyl (C=O) groups is 2. The van der Waals surface area contributed by atoms with E-state index in [1.165, 1.54) is 24.5 Å². The van der Waals surface area contributed by atoms with Gasteiger partial charge in [0.1, 0.15) is 18.2 Å². The van der Waals surface area contributed by atoms with Crippen LogP contribution in [0.25, 0.3) is 0 Å². The van der Waals surface area contributed by atoms with E-state index < -0.39 is 25.0 Å². The largest absolute Gasteiger partial charge is 0.464 e. The van der Waals surface area contributed by atoms with Crippen LogP contribution in [-0.4, -0.2) is 49.8 Å². The Morgan fingerprint density at radius 2 is 1.85 bits per heavy atom. The molecule has 3 atom stereocenters. The molecule has 2 aliphatic rings. The fourth-order valence-corrected chi connectivity index (χ4v) is 5.20. The third-order valence-corrected chi connectivity index (χ3v) is 7.61. The molecule has 2 aromatic carbocycles.